The second-order valence-electron chi connectivity index (χ2n) is 4.13. The van der Waals surface area contributed by atoms with E-state index >= 15 is 0 Å². The van der Waals surface area contributed by atoms with Crippen LogP contribution in [-0.2, 0) is 9.47 Å². The summed E-state index contributed by atoms with van der Waals surface area (Å²) in [6, 6.07) is 2.60. The number of methoxy groups -OCH3 is 1. The molecule has 0 saturated heterocycles. The van der Waals surface area contributed by atoms with Gasteiger partial charge in [0.1, 0.15) is 11.6 Å². The van der Waals surface area contributed by atoms with Crippen LogP contribution in [0, 0.1) is 10.1 Å². The fourth-order valence-electron chi connectivity index (χ4n) is 1.52. The normalized spacial score (nSPS) is 10.4. The first-order chi connectivity index (χ1) is 9.63. The third kappa shape index (κ3) is 6.30. The Morgan fingerprint density at radius 1 is 1.35 bits per heavy atom. The molecule has 1 rings (SSSR count). The number of aromatic nitrogens is 1. The van der Waals surface area contributed by atoms with Crippen LogP contribution in [0.5, 0.6) is 0 Å². The van der Waals surface area contributed by atoms with E-state index in [1.165, 1.54) is 12.1 Å². The van der Waals surface area contributed by atoms with E-state index in [4.69, 9.17) is 15.2 Å². The summed E-state index contributed by atoms with van der Waals surface area (Å²) >= 11 is 0. The molecule has 1 heterocycles. The highest BCUT2D eigenvalue weighted by Gasteiger charge is 2.09. The van der Waals surface area contributed by atoms with Crippen LogP contribution in [-0.4, -0.2) is 43.4 Å². The highest BCUT2D eigenvalue weighted by molar-refractivity contribution is 5.52. The summed E-state index contributed by atoms with van der Waals surface area (Å²) in [4.78, 5) is 14.2. The van der Waals surface area contributed by atoms with Crippen molar-refractivity contribution in [1.82, 2.24) is 4.98 Å². The fourth-order valence-corrected chi connectivity index (χ4v) is 1.52. The molecule has 0 radical (unpaired) electrons. The first-order valence-corrected chi connectivity index (χ1v) is 6.36. The fraction of sp³-hybridized carbons (Fsp3) is 0.583. The second-order valence-corrected chi connectivity index (χ2v) is 4.13. The summed E-state index contributed by atoms with van der Waals surface area (Å²) in [5.74, 6) is 0.543. The molecular weight excluding hydrogens is 264 g/mol. The molecule has 112 valence electrons. The van der Waals surface area contributed by atoms with Crippen LogP contribution in [0.3, 0.4) is 0 Å². The number of nitrogens with one attached hydrogen (secondary N) is 1. The van der Waals surface area contributed by atoms with Gasteiger partial charge < -0.3 is 20.5 Å². The third-order valence-corrected chi connectivity index (χ3v) is 2.49. The molecule has 1 aromatic heterocycles. The maximum atomic E-state index is 10.7. The molecule has 0 fully saturated rings. The quantitative estimate of drug-likeness (QED) is 0.379. The molecule has 8 nitrogen and oxygen atoms in total. The minimum atomic E-state index is -0.493. The largest absolute Gasteiger partial charge is 0.383 e. The maximum Gasteiger partial charge on any atom is 0.276 e. The Kier molecular flexibility index (Phi) is 7.30. The zero-order chi connectivity index (χ0) is 14.8. The van der Waals surface area contributed by atoms with Crippen molar-refractivity contribution >= 4 is 17.3 Å². The second kappa shape index (κ2) is 9.05. The number of nitrogens with two attached hydrogens (primary N) is 1. The molecule has 1 aromatic rings. The molecule has 20 heavy (non-hydrogen) atoms. The number of hydrogen-bond acceptors (Lipinski definition) is 7. The van der Waals surface area contributed by atoms with Gasteiger partial charge in [0.25, 0.3) is 5.69 Å². The first kappa shape index (κ1) is 16.1. The SMILES string of the molecule is COCCOCCCCNc1cc([N+](=O)[O-])cc(N)n1. The molecule has 0 aliphatic carbocycles. The van der Waals surface area contributed by atoms with Crippen LogP contribution in [0.15, 0.2) is 12.1 Å². The summed E-state index contributed by atoms with van der Waals surface area (Å²) in [5, 5.41) is 13.7. The van der Waals surface area contributed by atoms with Gasteiger partial charge in [-0.3, -0.25) is 10.1 Å². The minimum Gasteiger partial charge on any atom is -0.383 e. The van der Waals surface area contributed by atoms with Crippen LogP contribution >= 0.6 is 0 Å². The van der Waals surface area contributed by atoms with Crippen LogP contribution in [0.1, 0.15) is 12.8 Å². The average molecular weight is 284 g/mol. The Labute approximate surface area is 117 Å². The van der Waals surface area contributed by atoms with Gasteiger partial charge >= 0.3 is 0 Å². The van der Waals surface area contributed by atoms with Gasteiger partial charge in [0.2, 0.25) is 0 Å². The van der Waals surface area contributed by atoms with E-state index in [0.717, 1.165) is 12.8 Å². The Morgan fingerprint density at radius 2 is 2.15 bits per heavy atom. The summed E-state index contributed by atoms with van der Waals surface area (Å²) in [6.45, 7) is 2.50. The van der Waals surface area contributed by atoms with E-state index in [9.17, 15) is 10.1 Å². The third-order valence-electron chi connectivity index (χ3n) is 2.49. The minimum absolute atomic E-state index is 0.0668. The lowest BCUT2D eigenvalue weighted by molar-refractivity contribution is -0.384. The summed E-state index contributed by atoms with van der Waals surface area (Å²) in [7, 11) is 1.63. The van der Waals surface area contributed by atoms with E-state index in [2.05, 4.69) is 10.3 Å². The van der Waals surface area contributed by atoms with Crippen molar-refractivity contribution in [2.75, 3.05) is 44.5 Å². The molecule has 0 spiro atoms. The van der Waals surface area contributed by atoms with E-state index in [1.807, 2.05) is 0 Å². The lowest BCUT2D eigenvalue weighted by Crippen LogP contribution is -2.08. The smallest absolute Gasteiger partial charge is 0.276 e. The van der Waals surface area contributed by atoms with Crippen molar-refractivity contribution in [1.29, 1.82) is 0 Å². The Hall–Kier alpha value is -1.93. The molecule has 0 bridgehead atoms. The van der Waals surface area contributed by atoms with Crippen molar-refractivity contribution in [3.05, 3.63) is 22.2 Å². The van der Waals surface area contributed by atoms with E-state index < -0.39 is 4.92 Å². The summed E-state index contributed by atoms with van der Waals surface area (Å²) in [5.41, 5.74) is 5.44. The maximum absolute atomic E-state index is 10.7. The molecule has 0 amide bonds. The molecule has 3 N–H and O–H groups in total. The Balaban J connectivity index is 2.23. The molecular formula is C12H20N4O4. The monoisotopic (exact) mass is 284 g/mol. The number of pyridine rings is 1. The van der Waals surface area contributed by atoms with Crippen molar-refractivity contribution in [3.8, 4) is 0 Å². The molecule has 0 aliphatic rings. The molecule has 0 aliphatic heterocycles. The van der Waals surface area contributed by atoms with Gasteiger partial charge in [0.15, 0.2) is 0 Å². The predicted molar refractivity (Wildman–Crippen MR) is 75.7 cm³/mol. The highest BCUT2D eigenvalue weighted by atomic mass is 16.6. The molecule has 0 unspecified atom stereocenters. The standard InChI is InChI=1S/C12H20N4O4/c1-19-6-7-20-5-3-2-4-14-12-9-10(16(17)18)8-11(13)15-12/h8-9H,2-7H2,1H3,(H3,13,14,15). The Morgan fingerprint density at radius 3 is 2.85 bits per heavy atom. The number of ether oxygens (including phenoxy) is 2. The van der Waals surface area contributed by atoms with E-state index in [-0.39, 0.29) is 11.5 Å². The van der Waals surface area contributed by atoms with Gasteiger partial charge in [-0.2, -0.15) is 0 Å². The van der Waals surface area contributed by atoms with Gasteiger partial charge in [-0.1, -0.05) is 0 Å². The number of nitro groups is 1. The van der Waals surface area contributed by atoms with Gasteiger partial charge in [-0.05, 0) is 12.8 Å². The highest BCUT2D eigenvalue weighted by Crippen LogP contribution is 2.18. The number of rotatable bonds is 10. The van der Waals surface area contributed by atoms with Crippen molar-refractivity contribution in [2.24, 2.45) is 0 Å². The van der Waals surface area contributed by atoms with Crippen molar-refractivity contribution in [2.45, 2.75) is 12.8 Å². The van der Waals surface area contributed by atoms with Crippen LogP contribution < -0.4 is 11.1 Å². The molecule has 0 saturated carbocycles. The average Bonchev–Trinajstić information content (AvgIpc) is 2.41. The van der Waals surface area contributed by atoms with Crippen LogP contribution in [0.2, 0.25) is 0 Å². The topological polar surface area (TPSA) is 113 Å². The number of nitrogen functional groups attached to an aromatic ring is 1. The number of anilines is 2. The summed E-state index contributed by atoms with van der Waals surface area (Å²) < 4.78 is 10.2. The predicted octanol–water partition coefficient (Wildman–Crippen LogP) is 1.43. The number of hydrogen-bond donors (Lipinski definition) is 2. The molecule has 0 aromatic carbocycles. The van der Waals surface area contributed by atoms with Crippen LogP contribution in [0.4, 0.5) is 17.3 Å². The lowest BCUT2D eigenvalue weighted by atomic mass is 10.3. The van der Waals surface area contributed by atoms with Crippen LogP contribution in [0.25, 0.3) is 0 Å². The first-order valence-electron chi connectivity index (χ1n) is 6.36. The lowest BCUT2D eigenvalue weighted by Gasteiger charge is -2.07. The van der Waals surface area contributed by atoms with E-state index in [1.54, 1.807) is 7.11 Å². The molecule has 8 heteroatoms. The van der Waals surface area contributed by atoms with Crippen molar-refractivity contribution < 1.29 is 14.4 Å². The van der Waals surface area contributed by atoms with E-state index in [0.29, 0.717) is 32.2 Å². The van der Waals surface area contributed by atoms with Gasteiger partial charge in [-0.25, -0.2) is 4.98 Å². The van der Waals surface area contributed by atoms with Crippen molar-refractivity contribution in [3.63, 3.8) is 0 Å². The summed E-state index contributed by atoms with van der Waals surface area (Å²) in [6.07, 6.45) is 1.76. The Bertz CT molecular complexity index is 428. The number of unbranched alkanes of at least 4 members (excludes halogenated alkanes) is 1. The molecule has 0 atom stereocenters. The zero-order valence-corrected chi connectivity index (χ0v) is 11.5. The van der Waals surface area contributed by atoms with Gasteiger partial charge in [0, 0.05) is 20.3 Å². The number of nitrogens with zero attached hydrogens (tertiary/aromatic N) is 2. The zero-order valence-electron chi connectivity index (χ0n) is 11.5. The van der Waals surface area contributed by atoms with Gasteiger partial charge in [-0.15, -0.1) is 0 Å². The van der Waals surface area contributed by atoms with Gasteiger partial charge in [0.05, 0.1) is 30.3 Å².